The molecule has 6 nitrogen and oxygen atoms in total. The minimum absolute atomic E-state index is 0.00890. The van der Waals surface area contributed by atoms with Gasteiger partial charge in [-0.3, -0.25) is 19.6 Å². The highest BCUT2D eigenvalue weighted by Gasteiger charge is 2.56. The summed E-state index contributed by atoms with van der Waals surface area (Å²) in [6.45, 7) is 1.16. The Morgan fingerprint density at radius 2 is 1.94 bits per heavy atom. The summed E-state index contributed by atoms with van der Waals surface area (Å²) < 4.78 is 25.6. The Morgan fingerprint density at radius 3 is 2.60 bits per heavy atom. The molecule has 1 saturated heterocycles. The summed E-state index contributed by atoms with van der Waals surface area (Å²) in [5.74, 6) is 0.486. The molecule has 5 rings (SSSR count). The highest BCUT2D eigenvalue weighted by molar-refractivity contribution is 6.30. The van der Waals surface area contributed by atoms with Gasteiger partial charge < -0.3 is 5.73 Å². The van der Waals surface area contributed by atoms with Gasteiger partial charge in [0.1, 0.15) is 0 Å². The van der Waals surface area contributed by atoms with E-state index < -0.39 is 12.0 Å². The molecule has 1 aromatic heterocycles. The number of benzene rings is 1. The SMILES string of the molecule is CN1C(=O)C2(N=C1N)c1cc(-c3cncc(Cl)c3)ccc1CC[C@H]2CC1CCN(CC(F)F)CC1. The lowest BCUT2D eigenvalue weighted by atomic mass is 9.65. The molecule has 0 bridgehead atoms. The van der Waals surface area contributed by atoms with Crippen molar-refractivity contribution in [2.45, 2.75) is 44.1 Å². The zero-order valence-electron chi connectivity index (χ0n) is 19.8. The van der Waals surface area contributed by atoms with Gasteiger partial charge in [-0.2, -0.15) is 0 Å². The van der Waals surface area contributed by atoms with Crippen LogP contribution in [0.5, 0.6) is 0 Å². The second kappa shape index (κ2) is 9.47. The van der Waals surface area contributed by atoms with Crippen LogP contribution in [0.4, 0.5) is 8.78 Å². The van der Waals surface area contributed by atoms with E-state index in [0.717, 1.165) is 54.4 Å². The number of piperidine rings is 1. The lowest BCUT2D eigenvalue weighted by Crippen LogP contribution is -2.48. The molecular weight excluding hydrogens is 472 g/mol. The number of nitrogens with two attached hydrogens (primary N) is 1. The fraction of sp³-hybridized carbons (Fsp3) is 0.500. The summed E-state index contributed by atoms with van der Waals surface area (Å²) in [6.07, 6.45) is 5.25. The average Bonchev–Trinajstić information content (AvgIpc) is 3.06. The Hall–Kier alpha value is -2.58. The molecule has 1 amide bonds. The van der Waals surface area contributed by atoms with E-state index in [4.69, 9.17) is 22.3 Å². The maximum atomic E-state index is 13.8. The number of aryl methyl sites for hydroxylation is 1. The van der Waals surface area contributed by atoms with Gasteiger partial charge in [0.25, 0.3) is 12.3 Å². The Labute approximate surface area is 209 Å². The Kier molecular flexibility index (Phi) is 6.53. The second-order valence-corrected chi connectivity index (χ2v) is 10.4. The number of likely N-dealkylation sites (N-methyl/N-ethyl adjacent to an activating group) is 1. The number of aromatic nitrogens is 1. The molecular formula is C26H30ClF2N5O. The number of aliphatic imine (C=N–C) groups is 1. The molecule has 3 aliphatic rings. The summed E-state index contributed by atoms with van der Waals surface area (Å²) in [6, 6.07) is 8.02. The summed E-state index contributed by atoms with van der Waals surface area (Å²) in [5.41, 5.74) is 8.96. The van der Waals surface area contributed by atoms with Crippen LogP contribution in [0.25, 0.3) is 11.1 Å². The van der Waals surface area contributed by atoms with Gasteiger partial charge in [-0.1, -0.05) is 23.7 Å². The molecule has 1 unspecified atom stereocenters. The van der Waals surface area contributed by atoms with Gasteiger partial charge in [-0.15, -0.1) is 0 Å². The van der Waals surface area contributed by atoms with Crippen molar-refractivity contribution in [2.24, 2.45) is 22.6 Å². The lowest BCUT2D eigenvalue weighted by molar-refractivity contribution is -0.133. The number of hydrogen-bond acceptors (Lipinski definition) is 5. The van der Waals surface area contributed by atoms with Crippen molar-refractivity contribution in [3.05, 3.63) is 52.8 Å². The number of likely N-dealkylation sites (tertiary alicyclic amines) is 1. The molecule has 1 fully saturated rings. The van der Waals surface area contributed by atoms with Crippen LogP contribution in [0.15, 0.2) is 41.7 Å². The maximum Gasteiger partial charge on any atom is 0.261 e. The molecule has 9 heteroatoms. The van der Waals surface area contributed by atoms with Crippen molar-refractivity contribution in [3.8, 4) is 11.1 Å². The van der Waals surface area contributed by atoms with E-state index in [1.54, 1.807) is 19.4 Å². The number of nitrogens with zero attached hydrogens (tertiary/aromatic N) is 4. The van der Waals surface area contributed by atoms with E-state index in [9.17, 15) is 13.6 Å². The van der Waals surface area contributed by atoms with Gasteiger partial charge >= 0.3 is 0 Å². The molecule has 3 heterocycles. The highest BCUT2D eigenvalue weighted by Crippen LogP contribution is 2.50. The van der Waals surface area contributed by atoms with Crippen LogP contribution < -0.4 is 5.73 Å². The van der Waals surface area contributed by atoms with Crippen LogP contribution in [0.2, 0.25) is 5.02 Å². The first-order chi connectivity index (χ1) is 16.8. The van der Waals surface area contributed by atoms with E-state index in [-0.39, 0.29) is 24.3 Å². The molecule has 0 radical (unpaired) electrons. The molecule has 0 saturated carbocycles. The van der Waals surface area contributed by atoms with Gasteiger partial charge in [0, 0.05) is 25.0 Å². The first-order valence-corrected chi connectivity index (χ1v) is 12.5. The third-order valence-electron chi connectivity index (χ3n) is 7.90. The van der Waals surface area contributed by atoms with Crippen LogP contribution in [0.1, 0.15) is 36.8 Å². The van der Waals surface area contributed by atoms with Crippen LogP contribution in [-0.2, 0) is 16.8 Å². The average molecular weight is 502 g/mol. The number of alkyl halides is 2. The predicted molar refractivity (Wildman–Crippen MR) is 132 cm³/mol. The predicted octanol–water partition coefficient (Wildman–Crippen LogP) is 4.31. The first kappa shape index (κ1) is 24.1. The summed E-state index contributed by atoms with van der Waals surface area (Å²) in [4.78, 5) is 26.2. The number of amides is 1. The number of halogens is 3. The fourth-order valence-corrected chi connectivity index (χ4v) is 6.23. The highest BCUT2D eigenvalue weighted by atomic mass is 35.5. The van der Waals surface area contributed by atoms with Gasteiger partial charge in [-0.25, -0.2) is 13.8 Å². The van der Waals surface area contributed by atoms with E-state index >= 15 is 0 Å². The molecule has 2 N–H and O–H groups in total. The molecule has 186 valence electrons. The maximum absolute atomic E-state index is 13.8. The number of rotatable bonds is 5. The lowest BCUT2D eigenvalue weighted by Gasteiger charge is -2.42. The van der Waals surface area contributed by atoms with Crippen LogP contribution in [0, 0.1) is 11.8 Å². The quantitative estimate of drug-likeness (QED) is 0.662. The van der Waals surface area contributed by atoms with Crippen molar-refractivity contribution in [3.63, 3.8) is 0 Å². The minimum atomic E-state index is -2.31. The summed E-state index contributed by atoms with van der Waals surface area (Å²) in [7, 11) is 1.68. The molecule has 2 aromatic rings. The first-order valence-electron chi connectivity index (χ1n) is 12.2. The monoisotopic (exact) mass is 501 g/mol. The Bertz CT molecular complexity index is 1150. The number of pyridine rings is 1. The number of fused-ring (bicyclic) bond motifs is 2. The van der Waals surface area contributed by atoms with Gasteiger partial charge in [0.15, 0.2) is 11.5 Å². The zero-order chi connectivity index (χ0) is 24.7. The van der Waals surface area contributed by atoms with Gasteiger partial charge in [0.2, 0.25) is 0 Å². The van der Waals surface area contributed by atoms with Crippen LogP contribution in [-0.4, -0.2) is 59.8 Å². The number of carbonyl (C=O) groups excluding carboxylic acids is 1. The van der Waals surface area contributed by atoms with Gasteiger partial charge in [-0.05, 0) is 85.9 Å². The van der Waals surface area contributed by atoms with E-state index in [0.29, 0.717) is 24.0 Å². The van der Waals surface area contributed by atoms with Crippen molar-refractivity contribution < 1.29 is 13.6 Å². The number of guanidine groups is 1. The molecule has 2 atom stereocenters. The third-order valence-corrected chi connectivity index (χ3v) is 8.10. The van der Waals surface area contributed by atoms with E-state index in [1.165, 1.54) is 4.90 Å². The molecule has 35 heavy (non-hydrogen) atoms. The molecule has 1 aliphatic carbocycles. The van der Waals surface area contributed by atoms with Crippen molar-refractivity contribution in [2.75, 3.05) is 26.7 Å². The van der Waals surface area contributed by atoms with E-state index in [1.807, 2.05) is 23.1 Å². The largest absolute Gasteiger partial charge is 0.369 e. The van der Waals surface area contributed by atoms with Crippen LogP contribution in [0.3, 0.4) is 0 Å². The Balaban J connectivity index is 1.48. The third kappa shape index (κ3) is 4.42. The fourth-order valence-electron chi connectivity index (χ4n) is 6.05. The van der Waals surface area contributed by atoms with Crippen molar-refractivity contribution >= 4 is 23.5 Å². The number of carbonyl (C=O) groups is 1. The van der Waals surface area contributed by atoms with Crippen molar-refractivity contribution in [1.82, 2.24) is 14.8 Å². The van der Waals surface area contributed by atoms with Gasteiger partial charge in [0.05, 0.1) is 11.6 Å². The minimum Gasteiger partial charge on any atom is -0.369 e. The van der Waals surface area contributed by atoms with E-state index in [2.05, 4.69) is 11.1 Å². The number of hydrogen-bond donors (Lipinski definition) is 1. The summed E-state index contributed by atoms with van der Waals surface area (Å²) >= 11 is 6.18. The topological polar surface area (TPSA) is 74.8 Å². The molecule has 1 spiro atoms. The normalized spacial score (nSPS) is 25.4. The van der Waals surface area contributed by atoms with Crippen molar-refractivity contribution in [1.29, 1.82) is 0 Å². The zero-order valence-corrected chi connectivity index (χ0v) is 20.5. The smallest absolute Gasteiger partial charge is 0.261 e. The van der Waals surface area contributed by atoms with Crippen LogP contribution >= 0.6 is 11.6 Å². The standard InChI is InChI=1S/C26H30ClF2N5O/c1-33-24(35)26(32-25(33)30)20(10-16-6-8-34(9-7-16)15-23(28)29)5-4-17-2-3-18(12-22(17)26)19-11-21(27)14-31-13-19/h2-3,11-14,16,20,23H,4-10,15H2,1H3,(H2,30,32)/t20-,26?/m0/s1. The molecule has 2 aliphatic heterocycles. The Morgan fingerprint density at radius 1 is 1.17 bits per heavy atom. The molecule has 1 aromatic carbocycles. The summed E-state index contributed by atoms with van der Waals surface area (Å²) in [5, 5.41) is 0.546. The second-order valence-electron chi connectivity index (χ2n) is 9.97.